The fourth-order valence-electron chi connectivity index (χ4n) is 2.89. The lowest BCUT2D eigenvalue weighted by Gasteiger charge is -2.32. The lowest BCUT2D eigenvalue weighted by molar-refractivity contribution is 0.527. The lowest BCUT2D eigenvalue weighted by Crippen LogP contribution is -2.21. The number of benzene rings is 2. The molecule has 0 saturated carbocycles. The summed E-state index contributed by atoms with van der Waals surface area (Å²) in [6.07, 6.45) is 3.50. The van der Waals surface area contributed by atoms with E-state index in [1.54, 1.807) is 0 Å². The molecule has 0 aromatic heterocycles. The van der Waals surface area contributed by atoms with Crippen molar-refractivity contribution in [3.8, 4) is 0 Å². The van der Waals surface area contributed by atoms with Gasteiger partial charge in [0.25, 0.3) is 0 Å². The Balaban J connectivity index is 2.14. The Labute approximate surface area is 115 Å². The average Bonchev–Trinajstić information content (AvgIpc) is 2.41. The number of hydrogen-bond donors (Lipinski definition) is 0. The fourth-order valence-corrected chi connectivity index (χ4v) is 2.89. The average molecular weight is 248 g/mol. The summed E-state index contributed by atoms with van der Waals surface area (Å²) >= 11 is 0. The molecule has 3 rings (SSSR count). The quantitative estimate of drug-likeness (QED) is 0.658. The molecule has 0 aliphatic heterocycles. The monoisotopic (exact) mass is 248 g/mol. The molecule has 0 unspecified atom stereocenters. The largest absolute Gasteiger partial charge is 0.0752 e. The zero-order valence-electron chi connectivity index (χ0n) is 11.9. The molecule has 2 aromatic carbocycles. The van der Waals surface area contributed by atoms with Crippen molar-refractivity contribution in [2.75, 3.05) is 0 Å². The minimum absolute atomic E-state index is 0.241. The highest BCUT2D eigenvalue weighted by molar-refractivity contribution is 5.83. The molecular weight excluding hydrogens is 228 g/mol. The Morgan fingerprint density at radius 1 is 0.895 bits per heavy atom. The first-order valence-corrected chi connectivity index (χ1v) is 6.95. The van der Waals surface area contributed by atoms with Crippen LogP contribution in [0.25, 0.3) is 5.57 Å². The fraction of sp³-hybridized carbons (Fsp3) is 0.263. The molecular formula is C19H20. The molecule has 0 saturated heterocycles. The van der Waals surface area contributed by atoms with E-state index in [2.05, 4.69) is 75.4 Å². The van der Waals surface area contributed by atoms with E-state index in [9.17, 15) is 0 Å². The minimum atomic E-state index is 0.241. The number of aryl methyl sites for hydroxylation is 1. The molecule has 1 aliphatic rings. The van der Waals surface area contributed by atoms with Gasteiger partial charge in [-0.3, -0.25) is 0 Å². The molecule has 0 nitrogen and oxygen atoms in total. The smallest absolute Gasteiger partial charge is 0.00626 e. The number of rotatable bonds is 1. The van der Waals surface area contributed by atoms with Gasteiger partial charge in [0.15, 0.2) is 0 Å². The Hall–Kier alpha value is -1.82. The second-order valence-electron chi connectivity index (χ2n) is 6.12. The van der Waals surface area contributed by atoms with Gasteiger partial charge in [-0.05, 0) is 41.0 Å². The molecule has 0 bridgehead atoms. The van der Waals surface area contributed by atoms with Gasteiger partial charge in [-0.25, -0.2) is 0 Å². The molecule has 0 atom stereocenters. The van der Waals surface area contributed by atoms with Crippen molar-refractivity contribution < 1.29 is 0 Å². The highest BCUT2D eigenvalue weighted by Gasteiger charge is 2.27. The Bertz CT molecular complexity index is 627. The molecule has 0 radical (unpaired) electrons. The number of hydrogen-bond acceptors (Lipinski definition) is 0. The van der Waals surface area contributed by atoms with Gasteiger partial charge < -0.3 is 0 Å². The van der Waals surface area contributed by atoms with Gasteiger partial charge in [-0.2, -0.15) is 0 Å². The zero-order valence-corrected chi connectivity index (χ0v) is 11.9. The van der Waals surface area contributed by atoms with Gasteiger partial charge in [0.2, 0.25) is 0 Å². The number of fused-ring (bicyclic) bond motifs is 1. The van der Waals surface area contributed by atoms with Gasteiger partial charge in [0.05, 0.1) is 0 Å². The first kappa shape index (κ1) is 12.2. The summed E-state index contributed by atoms with van der Waals surface area (Å²) in [7, 11) is 0. The second kappa shape index (κ2) is 4.38. The summed E-state index contributed by atoms with van der Waals surface area (Å²) in [6, 6.07) is 17.7. The topological polar surface area (TPSA) is 0 Å². The van der Waals surface area contributed by atoms with Crippen LogP contribution in [0, 0.1) is 6.92 Å². The van der Waals surface area contributed by atoms with E-state index in [4.69, 9.17) is 0 Å². The highest BCUT2D eigenvalue weighted by Crippen LogP contribution is 2.40. The first-order valence-electron chi connectivity index (χ1n) is 6.95. The molecule has 0 N–H and O–H groups in total. The first-order chi connectivity index (χ1) is 9.08. The number of allylic oxidation sites excluding steroid dienone is 1. The van der Waals surface area contributed by atoms with E-state index in [1.807, 2.05) is 0 Å². The molecule has 0 fully saturated rings. The van der Waals surface area contributed by atoms with E-state index in [-0.39, 0.29) is 5.41 Å². The second-order valence-corrected chi connectivity index (χ2v) is 6.12. The van der Waals surface area contributed by atoms with Crippen LogP contribution in [-0.2, 0) is 5.41 Å². The van der Waals surface area contributed by atoms with Crippen LogP contribution >= 0.6 is 0 Å². The molecule has 1 aliphatic carbocycles. The van der Waals surface area contributed by atoms with Crippen molar-refractivity contribution in [2.45, 2.75) is 32.6 Å². The van der Waals surface area contributed by atoms with Gasteiger partial charge >= 0.3 is 0 Å². The van der Waals surface area contributed by atoms with Crippen molar-refractivity contribution >= 4 is 5.57 Å². The van der Waals surface area contributed by atoms with E-state index in [0.717, 1.165) is 6.42 Å². The summed E-state index contributed by atoms with van der Waals surface area (Å²) in [5, 5.41) is 0. The lowest BCUT2D eigenvalue weighted by atomic mass is 9.72. The van der Waals surface area contributed by atoms with Crippen LogP contribution in [-0.4, -0.2) is 0 Å². The summed E-state index contributed by atoms with van der Waals surface area (Å²) < 4.78 is 0. The normalized spacial score (nSPS) is 16.7. The third-order valence-corrected chi connectivity index (χ3v) is 4.13. The molecule has 0 heterocycles. The zero-order chi connectivity index (χ0) is 13.5. The Morgan fingerprint density at radius 3 is 2.32 bits per heavy atom. The van der Waals surface area contributed by atoms with Crippen LogP contribution in [0.4, 0.5) is 0 Å². The van der Waals surface area contributed by atoms with Crippen LogP contribution < -0.4 is 0 Å². The molecule has 0 heteroatoms. The van der Waals surface area contributed by atoms with Crippen LogP contribution in [0.1, 0.15) is 42.5 Å². The maximum absolute atomic E-state index is 2.40. The Kier molecular flexibility index (Phi) is 2.82. The van der Waals surface area contributed by atoms with E-state index >= 15 is 0 Å². The van der Waals surface area contributed by atoms with E-state index in [0.29, 0.717) is 0 Å². The standard InChI is InChI=1S/C19H20/c1-14-8-10-15(11-9-14)16-12-13-19(2,3)18-7-5-4-6-17(16)18/h4-12H,13H2,1-3H3. The highest BCUT2D eigenvalue weighted by atomic mass is 14.3. The van der Waals surface area contributed by atoms with Gasteiger partial charge in [0.1, 0.15) is 0 Å². The van der Waals surface area contributed by atoms with Crippen molar-refractivity contribution in [2.24, 2.45) is 0 Å². The van der Waals surface area contributed by atoms with Crippen molar-refractivity contribution in [3.05, 3.63) is 76.9 Å². The minimum Gasteiger partial charge on any atom is -0.0752 e. The predicted octanol–water partition coefficient (Wildman–Crippen LogP) is 5.11. The van der Waals surface area contributed by atoms with E-state index in [1.165, 1.54) is 27.8 Å². The molecule has 96 valence electrons. The van der Waals surface area contributed by atoms with Crippen LogP contribution in [0.3, 0.4) is 0 Å². The summed E-state index contributed by atoms with van der Waals surface area (Å²) in [5.41, 5.74) is 7.12. The van der Waals surface area contributed by atoms with Crippen LogP contribution in [0.2, 0.25) is 0 Å². The maximum atomic E-state index is 2.40. The maximum Gasteiger partial charge on any atom is -0.00626 e. The van der Waals surface area contributed by atoms with Crippen LogP contribution in [0.5, 0.6) is 0 Å². The summed E-state index contributed by atoms with van der Waals surface area (Å²) in [6.45, 7) is 6.79. The van der Waals surface area contributed by atoms with Gasteiger partial charge in [0, 0.05) is 0 Å². The van der Waals surface area contributed by atoms with Gasteiger partial charge in [-0.1, -0.05) is 74.0 Å². The molecule has 0 amide bonds. The summed E-state index contributed by atoms with van der Waals surface area (Å²) in [5.74, 6) is 0. The third kappa shape index (κ3) is 2.12. The Morgan fingerprint density at radius 2 is 1.58 bits per heavy atom. The van der Waals surface area contributed by atoms with Gasteiger partial charge in [-0.15, -0.1) is 0 Å². The molecule has 19 heavy (non-hydrogen) atoms. The molecule has 2 aromatic rings. The summed E-state index contributed by atoms with van der Waals surface area (Å²) in [4.78, 5) is 0. The van der Waals surface area contributed by atoms with E-state index < -0.39 is 0 Å². The van der Waals surface area contributed by atoms with Crippen molar-refractivity contribution in [3.63, 3.8) is 0 Å². The van der Waals surface area contributed by atoms with Crippen molar-refractivity contribution in [1.29, 1.82) is 0 Å². The van der Waals surface area contributed by atoms with Crippen LogP contribution in [0.15, 0.2) is 54.6 Å². The molecule has 0 spiro atoms. The SMILES string of the molecule is Cc1ccc(C2=CCC(C)(C)c3ccccc32)cc1. The predicted molar refractivity (Wildman–Crippen MR) is 82.3 cm³/mol. The third-order valence-electron chi connectivity index (χ3n) is 4.13. The van der Waals surface area contributed by atoms with Crippen molar-refractivity contribution in [1.82, 2.24) is 0 Å².